The average Bonchev–Trinajstić information content (AvgIpc) is 3.78. The summed E-state index contributed by atoms with van der Waals surface area (Å²) in [5.41, 5.74) is 16.6. The first-order chi connectivity index (χ1) is 28.5. The number of rotatable bonds is 6. The lowest BCUT2D eigenvalue weighted by molar-refractivity contribution is 0.660. The predicted molar refractivity (Wildman–Crippen MR) is 237 cm³/mol. The van der Waals surface area contributed by atoms with Crippen LogP contribution in [0.4, 0.5) is 0 Å². The van der Waals surface area contributed by atoms with E-state index in [0.717, 1.165) is 60.9 Å². The van der Waals surface area contributed by atoms with Gasteiger partial charge in [-0.05, 0) is 79.9 Å². The monoisotopic (exact) mass is 743 g/mol. The molecule has 4 heteroatoms. The van der Waals surface area contributed by atoms with Gasteiger partial charge in [0.2, 0.25) is 0 Å². The summed E-state index contributed by atoms with van der Waals surface area (Å²) < 4.78 is 6.54. The molecule has 1 aliphatic carbocycles. The van der Waals surface area contributed by atoms with E-state index in [9.17, 15) is 0 Å². The van der Waals surface area contributed by atoms with Crippen LogP contribution in [0.15, 0.2) is 192 Å². The maximum absolute atomic E-state index is 6.54. The average molecular weight is 744 g/mol. The van der Waals surface area contributed by atoms with Gasteiger partial charge in [-0.25, -0.2) is 15.0 Å². The molecule has 0 saturated heterocycles. The number of hydrogen-bond acceptors (Lipinski definition) is 4. The lowest BCUT2D eigenvalue weighted by atomic mass is 9.82. The van der Waals surface area contributed by atoms with E-state index in [1.807, 2.05) is 54.6 Å². The molecule has 274 valence electrons. The van der Waals surface area contributed by atoms with Gasteiger partial charge in [-0.2, -0.15) is 0 Å². The van der Waals surface area contributed by atoms with Crippen LogP contribution in [0.25, 0.3) is 101 Å². The Morgan fingerprint density at radius 3 is 1.72 bits per heavy atom. The van der Waals surface area contributed by atoms with Crippen LogP contribution >= 0.6 is 0 Å². The highest BCUT2D eigenvalue weighted by molar-refractivity contribution is 6.13. The SMILES string of the molecule is CC1(C)c2ccccc2-c2c(-c3cccc(-c4ccc5oc6cccc(-c7nc(-c8ccccc8)nc(-c8ccccc8-c8ccccc8)n7)c6c5c4)c3)cccc21. The van der Waals surface area contributed by atoms with Crippen LogP contribution in [-0.4, -0.2) is 15.0 Å². The van der Waals surface area contributed by atoms with Crippen molar-refractivity contribution >= 4 is 21.9 Å². The molecule has 2 aromatic heterocycles. The van der Waals surface area contributed by atoms with Crippen molar-refractivity contribution in [3.05, 3.63) is 199 Å². The third kappa shape index (κ3) is 5.48. The minimum Gasteiger partial charge on any atom is -0.456 e. The first kappa shape index (κ1) is 33.9. The number of furan rings is 1. The molecule has 0 aliphatic heterocycles. The number of aromatic nitrogens is 3. The highest BCUT2D eigenvalue weighted by atomic mass is 16.3. The quantitative estimate of drug-likeness (QED) is 0.170. The largest absolute Gasteiger partial charge is 0.456 e. The van der Waals surface area contributed by atoms with E-state index >= 15 is 0 Å². The summed E-state index contributed by atoms with van der Waals surface area (Å²) in [5, 5.41) is 1.99. The van der Waals surface area contributed by atoms with Crippen LogP contribution in [0, 0.1) is 0 Å². The minimum atomic E-state index is -0.0585. The second-order valence-corrected chi connectivity index (χ2v) is 15.6. The van der Waals surface area contributed by atoms with Gasteiger partial charge in [0.05, 0.1) is 0 Å². The number of nitrogens with zero attached hydrogens (tertiary/aromatic N) is 3. The van der Waals surface area contributed by atoms with Crippen LogP contribution in [-0.2, 0) is 5.41 Å². The van der Waals surface area contributed by atoms with Crippen LogP contribution in [0.1, 0.15) is 25.0 Å². The van der Waals surface area contributed by atoms with Gasteiger partial charge in [-0.15, -0.1) is 0 Å². The normalized spacial score (nSPS) is 12.8. The van der Waals surface area contributed by atoms with Crippen molar-refractivity contribution in [2.24, 2.45) is 0 Å². The Bertz CT molecular complexity index is 3200. The molecule has 0 saturated carbocycles. The van der Waals surface area contributed by atoms with Crippen molar-refractivity contribution in [1.82, 2.24) is 15.0 Å². The van der Waals surface area contributed by atoms with Gasteiger partial charge >= 0.3 is 0 Å². The van der Waals surface area contributed by atoms with Gasteiger partial charge in [0.25, 0.3) is 0 Å². The zero-order valence-electron chi connectivity index (χ0n) is 32.1. The Labute approximate surface area is 337 Å². The molecule has 0 spiro atoms. The molecule has 0 unspecified atom stereocenters. The molecule has 0 bridgehead atoms. The number of benzene rings is 8. The zero-order valence-corrected chi connectivity index (χ0v) is 32.1. The van der Waals surface area contributed by atoms with E-state index in [1.54, 1.807) is 0 Å². The summed E-state index contributed by atoms with van der Waals surface area (Å²) >= 11 is 0. The van der Waals surface area contributed by atoms with Crippen molar-refractivity contribution in [2.45, 2.75) is 19.3 Å². The first-order valence-corrected chi connectivity index (χ1v) is 19.8. The van der Waals surface area contributed by atoms with Crippen LogP contribution < -0.4 is 0 Å². The molecule has 1 aliphatic rings. The molecule has 0 radical (unpaired) electrons. The van der Waals surface area contributed by atoms with Crippen LogP contribution in [0.2, 0.25) is 0 Å². The molecule has 11 rings (SSSR count). The summed E-state index contributed by atoms with van der Waals surface area (Å²) in [6, 6.07) is 66.0. The summed E-state index contributed by atoms with van der Waals surface area (Å²) in [6.07, 6.45) is 0. The Morgan fingerprint density at radius 2 is 0.914 bits per heavy atom. The number of hydrogen-bond donors (Lipinski definition) is 0. The lowest BCUT2D eigenvalue weighted by Gasteiger charge is -2.21. The Balaban J connectivity index is 1.07. The molecule has 0 N–H and O–H groups in total. The fourth-order valence-corrected chi connectivity index (χ4v) is 8.93. The minimum absolute atomic E-state index is 0.0585. The molecule has 0 fully saturated rings. The fraction of sp³-hybridized carbons (Fsp3) is 0.0556. The van der Waals surface area contributed by atoms with Gasteiger partial charge in [0.1, 0.15) is 11.2 Å². The molecule has 58 heavy (non-hydrogen) atoms. The van der Waals surface area contributed by atoms with Gasteiger partial charge < -0.3 is 4.42 Å². The maximum Gasteiger partial charge on any atom is 0.164 e. The smallest absolute Gasteiger partial charge is 0.164 e. The van der Waals surface area contributed by atoms with Crippen molar-refractivity contribution in [3.8, 4) is 78.7 Å². The van der Waals surface area contributed by atoms with Gasteiger partial charge in [-0.1, -0.05) is 178 Å². The third-order valence-corrected chi connectivity index (χ3v) is 11.8. The third-order valence-electron chi connectivity index (χ3n) is 11.8. The highest BCUT2D eigenvalue weighted by Gasteiger charge is 2.36. The zero-order chi connectivity index (χ0) is 38.8. The molecule has 4 nitrogen and oxygen atoms in total. The van der Waals surface area contributed by atoms with Gasteiger partial charge in [0.15, 0.2) is 17.5 Å². The van der Waals surface area contributed by atoms with Gasteiger partial charge in [0, 0.05) is 32.9 Å². The standard InChI is InChI=1S/C54H37N3O/c1-54(2)45-27-12-11-24-42(45)49-40(25-14-28-46(49)54)38-21-13-20-36(32-38)37-30-31-47-44(33-37)50-43(26-15-29-48(50)58-47)53-56-51(35-18-7-4-8-19-35)55-52(57-53)41-23-10-9-22-39(41)34-16-5-3-6-17-34/h3-33H,1-2H3. The molecule has 2 heterocycles. The lowest BCUT2D eigenvalue weighted by Crippen LogP contribution is -2.14. The topological polar surface area (TPSA) is 51.8 Å². The molecule has 0 atom stereocenters. The summed E-state index contributed by atoms with van der Waals surface area (Å²) in [4.78, 5) is 15.5. The maximum atomic E-state index is 6.54. The van der Waals surface area contributed by atoms with Crippen molar-refractivity contribution in [1.29, 1.82) is 0 Å². The van der Waals surface area contributed by atoms with E-state index < -0.39 is 0 Å². The Kier molecular flexibility index (Phi) is 7.80. The molecule has 10 aromatic rings. The van der Waals surface area contributed by atoms with Crippen molar-refractivity contribution < 1.29 is 4.42 Å². The van der Waals surface area contributed by atoms with Gasteiger partial charge in [-0.3, -0.25) is 0 Å². The highest BCUT2D eigenvalue weighted by Crippen LogP contribution is 2.52. The Morgan fingerprint density at radius 1 is 0.362 bits per heavy atom. The summed E-state index contributed by atoms with van der Waals surface area (Å²) in [7, 11) is 0. The van der Waals surface area contributed by atoms with E-state index in [-0.39, 0.29) is 5.41 Å². The molecule has 0 amide bonds. The summed E-state index contributed by atoms with van der Waals surface area (Å²) in [5.74, 6) is 1.82. The number of fused-ring (bicyclic) bond motifs is 6. The van der Waals surface area contributed by atoms with Crippen LogP contribution in [0.3, 0.4) is 0 Å². The van der Waals surface area contributed by atoms with Crippen LogP contribution in [0.5, 0.6) is 0 Å². The van der Waals surface area contributed by atoms with Crippen molar-refractivity contribution in [3.63, 3.8) is 0 Å². The second kappa shape index (κ2) is 13.4. The van der Waals surface area contributed by atoms with E-state index in [1.165, 1.54) is 33.4 Å². The summed E-state index contributed by atoms with van der Waals surface area (Å²) in [6.45, 7) is 4.67. The fourth-order valence-electron chi connectivity index (χ4n) is 8.93. The Hall–Kier alpha value is -7.43. The molecular weight excluding hydrogens is 707 g/mol. The molecular formula is C54H37N3O. The predicted octanol–water partition coefficient (Wildman–Crippen LogP) is 14.1. The van der Waals surface area contributed by atoms with E-state index in [4.69, 9.17) is 19.4 Å². The molecule has 8 aromatic carbocycles. The van der Waals surface area contributed by atoms with E-state index in [2.05, 4.69) is 147 Å². The second-order valence-electron chi connectivity index (χ2n) is 15.6. The first-order valence-electron chi connectivity index (χ1n) is 19.8. The van der Waals surface area contributed by atoms with Crippen molar-refractivity contribution in [2.75, 3.05) is 0 Å². The van der Waals surface area contributed by atoms with E-state index in [0.29, 0.717) is 17.5 Å².